The van der Waals surface area contributed by atoms with Crippen molar-refractivity contribution in [2.45, 2.75) is 20.4 Å². The van der Waals surface area contributed by atoms with Gasteiger partial charge in [0.2, 0.25) is 0 Å². The summed E-state index contributed by atoms with van der Waals surface area (Å²) in [5.74, 6) is 0. The molecule has 14 heavy (non-hydrogen) atoms. The van der Waals surface area contributed by atoms with E-state index in [9.17, 15) is 0 Å². The summed E-state index contributed by atoms with van der Waals surface area (Å²) < 4.78 is 0. The third-order valence-electron chi connectivity index (χ3n) is 2.17. The molecule has 0 amide bonds. The van der Waals surface area contributed by atoms with E-state index in [0.717, 1.165) is 31.0 Å². The molecule has 78 valence electrons. The van der Waals surface area contributed by atoms with Crippen molar-refractivity contribution in [3.05, 3.63) is 24.0 Å². The van der Waals surface area contributed by atoms with E-state index in [2.05, 4.69) is 42.2 Å². The molecular formula is C11H19N3. The third-order valence-corrected chi connectivity index (χ3v) is 2.17. The van der Waals surface area contributed by atoms with E-state index >= 15 is 0 Å². The molecule has 3 nitrogen and oxygen atoms in total. The maximum absolute atomic E-state index is 4.33. The molecule has 0 aromatic carbocycles. The van der Waals surface area contributed by atoms with Crippen LogP contribution in [0, 0.1) is 0 Å². The quantitative estimate of drug-likeness (QED) is 0.775. The van der Waals surface area contributed by atoms with Crippen LogP contribution in [0.25, 0.3) is 0 Å². The van der Waals surface area contributed by atoms with Crippen molar-refractivity contribution in [1.82, 2.24) is 9.88 Å². The molecule has 0 aliphatic rings. The average Bonchev–Trinajstić information content (AvgIpc) is 2.19. The van der Waals surface area contributed by atoms with Gasteiger partial charge in [-0.2, -0.15) is 0 Å². The molecule has 0 aliphatic heterocycles. The Bertz CT molecular complexity index is 273. The number of hydrogen-bond acceptors (Lipinski definition) is 3. The Balaban J connectivity index is 2.63. The largest absolute Gasteiger partial charge is 0.385 e. The Morgan fingerprint density at radius 3 is 2.86 bits per heavy atom. The summed E-state index contributed by atoms with van der Waals surface area (Å²) >= 11 is 0. The van der Waals surface area contributed by atoms with Crippen LogP contribution in [-0.4, -0.2) is 30.0 Å². The zero-order valence-electron chi connectivity index (χ0n) is 9.25. The van der Waals surface area contributed by atoms with Crippen LogP contribution >= 0.6 is 0 Å². The van der Waals surface area contributed by atoms with Gasteiger partial charge >= 0.3 is 0 Å². The van der Waals surface area contributed by atoms with Crippen LogP contribution in [0.15, 0.2) is 18.3 Å². The van der Waals surface area contributed by atoms with Crippen molar-refractivity contribution in [2.24, 2.45) is 0 Å². The molecule has 0 bridgehead atoms. The first-order chi connectivity index (χ1) is 6.76. The normalized spacial score (nSPS) is 10.6. The van der Waals surface area contributed by atoms with Crippen LogP contribution in [0.4, 0.5) is 5.69 Å². The van der Waals surface area contributed by atoms with Crippen molar-refractivity contribution >= 4 is 5.69 Å². The van der Waals surface area contributed by atoms with Crippen LogP contribution in [-0.2, 0) is 6.54 Å². The molecular weight excluding hydrogens is 174 g/mol. The number of hydrogen-bond donors (Lipinski definition) is 1. The van der Waals surface area contributed by atoms with Crippen LogP contribution in [0.3, 0.4) is 0 Å². The molecule has 0 saturated carbocycles. The highest BCUT2D eigenvalue weighted by atomic mass is 15.1. The Kier molecular flexibility index (Phi) is 4.40. The molecule has 0 fully saturated rings. The smallest absolute Gasteiger partial charge is 0.0564 e. The minimum Gasteiger partial charge on any atom is -0.385 e. The number of anilines is 1. The van der Waals surface area contributed by atoms with Gasteiger partial charge in [-0.3, -0.25) is 4.98 Å². The third kappa shape index (κ3) is 3.34. The molecule has 0 unspecified atom stereocenters. The Morgan fingerprint density at radius 2 is 2.21 bits per heavy atom. The zero-order valence-corrected chi connectivity index (χ0v) is 9.25. The molecule has 3 heteroatoms. The van der Waals surface area contributed by atoms with E-state index < -0.39 is 0 Å². The second kappa shape index (κ2) is 5.60. The van der Waals surface area contributed by atoms with Gasteiger partial charge in [-0.05, 0) is 32.6 Å². The van der Waals surface area contributed by atoms with Gasteiger partial charge in [0.25, 0.3) is 0 Å². The van der Waals surface area contributed by atoms with E-state index in [-0.39, 0.29) is 0 Å². The van der Waals surface area contributed by atoms with Crippen molar-refractivity contribution in [3.8, 4) is 0 Å². The predicted molar refractivity (Wildman–Crippen MR) is 60.4 cm³/mol. The lowest BCUT2D eigenvalue weighted by Crippen LogP contribution is -2.17. The Labute approximate surface area is 86.2 Å². The van der Waals surface area contributed by atoms with Gasteiger partial charge in [-0.1, -0.05) is 6.92 Å². The van der Waals surface area contributed by atoms with Gasteiger partial charge in [0.15, 0.2) is 0 Å². The fourth-order valence-corrected chi connectivity index (χ4v) is 1.27. The van der Waals surface area contributed by atoms with Crippen molar-refractivity contribution in [3.63, 3.8) is 0 Å². The number of rotatable bonds is 5. The van der Waals surface area contributed by atoms with Gasteiger partial charge in [0.1, 0.15) is 0 Å². The summed E-state index contributed by atoms with van der Waals surface area (Å²) in [6.45, 7) is 7.16. The average molecular weight is 193 g/mol. The number of aromatic nitrogens is 1. The SMILES string of the molecule is CCNc1ccnc(CN(C)CC)c1. The molecule has 0 aliphatic carbocycles. The van der Waals surface area contributed by atoms with Crippen molar-refractivity contribution in [1.29, 1.82) is 0 Å². The van der Waals surface area contributed by atoms with Gasteiger partial charge in [0, 0.05) is 25.0 Å². The molecule has 0 spiro atoms. The fourth-order valence-electron chi connectivity index (χ4n) is 1.27. The molecule has 1 rings (SSSR count). The molecule has 0 atom stereocenters. The topological polar surface area (TPSA) is 28.2 Å². The lowest BCUT2D eigenvalue weighted by molar-refractivity contribution is 0.341. The highest BCUT2D eigenvalue weighted by Gasteiger charge is 1.99. The van der Waals surface area contributed by atoms with Crippen molar-refractivity contribution < 1.29 is 0 Å². The van der Waals surface area contributed by atoms with E-state index in [1.165, 1.54) is 0 Å². The predicted octanol–water partition coefficient (Wildman–Crippen LogP) is 1.97. The summed E-state index contributed by atoms with van der Waals surface area (Å²) in [7, 11) is 2.10. The molecule has 1 N–H and O–H groups in total. The summed E-state index contributed by atoms with van der Waals surface area (Å²) in [4.78, 5) is 6.56. The van der Waals surface area contributed by atoms with Crippen molar-refractivity contribution in [2.75, 3.05) is 25.5 Å². The number of nitrogens with one attached hydrogen (secondary N) is 1. The highest BCUT2D eigenvalue weighted by molar-refractivity contribution is 5.42. The van der Waals surface area contributed by atoms with E-state index in [4.69, 9.17) is 0 Å². The molecule has 0 radical (unpaired) electrons. The van der Waals surface area contributed by atoms with Gasteiger partial charge in [-0.15, -0.1) is 0 Å². The first-order valence-corrected chi connectivity index (χ1v) is 5.13. The monoisotopic (exact) mass is 193 g/mol. The van der Waals surface area contributed by atoms with Crippen LogP contribution < -0.4 is 5.32 Å². The molecule has 1 aromatic rings. The lowest BCUT2D eigenvalue weighted by Gasteiger charge is -2.13. The summed E-state index contributed by atoms with van der Waals surface area (Å²) in [6, 6.07) is 4.11. The minimum atomic E-state index is 0.912. The van der Waals surface area contributed by atoms with E-state index in [1.807, 2.05) is 12.3 Å². The first-order valence-electron chi connectivity index (χ1n) is 5.13. The number of pyridine rings is 1. The standard InChI is InChI=1S/C11H19N3/c1-4-12-10-6-7-13-11(8-10)9-14(3)5-2/h6-8H,4-5,9H2,1-3H3,(H,12,13). The van der Waals surface area contributed by atoms with Crippen LogP contribution in [0.2, 0.25) is 0 Å². The summed E-state index contributed by atoms with van der Waals surface area (Å²) in [5, 5.41) is 3.28. The van der Waals surface area contributed by atoms with E-state index in [1.54, 1.807) is 0 Å². The minimum absolute atomic E-state index is 0.912. The highest BCUT2D eigenvalue weighted by Crippen LogP contribution is 2.08. The second-order valence-electron chi connectivity index (χ2n) is 3.40. The molecule has 1 aromatic heterocycles. The maximum atomic E-state index is 4.33. The van der Waals surface area contributed by atoms with E-state index in [0.29, 0.717) is 0 Å². The number of nitrogens with zero attached hydrogens (tertiary/aromatic N) is 2. The zero-order chi connectivity index (χ0) is 10.4. The lowest BCUT2D eigenvalue weighted by atomic mass is 10.3. The first kappa shape index (κ1) is 11.0. The van der Waals surface area contributed by atoms with Gasteiger partial charge in [-0.25, -0.2) is 0 Å². The van der Waals surface area contributed by atoms with Gasteiger partial charge < -0.3 is 10.2 Å². The molecule has 0 saturated heterocycles. The fraction of sp³-hybridized carbons (Fsp3) is 0.545. The van der Waals surface area contributed by atoms with Crippen LogP contribution in [0.1, 0.15) is 19.5 Å². The summed E-state index contributed by atoms with van der Waals surface area (Å²) in [6.07, 6.45) is 1.86. The Morgan fingerprint density at radius 1 is 1.43 bits per heavy atom. The second-order valence-corrected chi connectivity index (χ2v) is 3.40. The Hall–Kier alpha value is -1.09. The van der Waals surface area contributed by atoms with Gasteiger partial charge in [0.05, 0.1) is 5.69 Å². The summed E-state index contributed by atoms with van der Waals surface area (Å²) in [5.41, 5.74) is 2.27. The maximum Gasteiger partial charge on any atom is 0.0564 e. The van der Waals surface area contributed by atoms with Crippen LogP contribution in [0.5, 0.6) is 0 Å². The molecule has 1 heterocycles.